The molecule has 2 rings (SSSR count). The van der Waals surface area contributed by atoms with Crippen molar-refractivity contribution in [2.75, 3.05) is 45.9 Å². The van der Waals surface area contributed by atoms with Crippen molar-refractivity contribution < 1.29 is 9.15 Å². The zero-order chi connectivity index (χ0) is 18.1. The molecule has 6 heteroatoms. The normalized spacial score (nSPS) is 17.7. The van der Waals surface area contributed by atoms with Crippen molar-refractivity contribution in [3.8, 4) is 0 Å². The molecule has 1 aromatic heterocycles. The first-order valence-corrected chi connectivity index (χ1v) is 9.50. The highest BCUT2D eigenvalue weighted by molar-refractivity contribution is 5.79. The lowest BCUT2D eigenvalue weighted by Gasteiger charge is -2.32. The summed E-state index contributed by atoms with van der Waals surface area (Å²) in [7, 11) is 0. The van der Waals surface area contributed by atoms with Crippen LogP contribution in [0.15, 0.2) is 21.5 Å². The van der Waals surface area contributed by atoms with Crippen molar-refractivity contribution in [2.45, 2.75) is 40.2 Å². The standard InChI is InChI=1S/C19H34N4O2/c1-5-20-19(21-9-8-15(2)3)22-14-17(18-7-6-16(4)25-18)23-10-12-24-13-11-23/h6-7,15,17H,5,8-14H2,1-4H3,(H2,20,21,22). The summed E-state index contributed by atoms with van der Waals surface area (Å²) < 4.78 is 11.4. The predicted octanol–water partition coefficient (Wildman–Crippen LogP) is 2.56. The molecule has 0 aliphatic carbocycles. The van der Waals surface area contributed by atoms with Crippen molar-refractivity contribution in [1.82, 2.24) is 15.5 Å². The fourth-order valence-corrected chi connectivity index (χ4v) is 2.91. The zero-order valence-corrected chi connectivity index (χ0v) is 16.2. The molecule has 0 radical (unpaired) electrons. The van der Waals surface area contributed by atoms with E-state index in [0.717, 1.165) is 63.3 Å². The lowest BCUT2D eigenvalue weighted by molar-refractivity contribution is 0.0135. The number of nitrogens with zero attached hydrogens (tertiary/aromatic N) is 2. The van der Waals surface area contributed by atoms with Crippen LogP contribution >= 0.6 is 0 Å². The summed E-state index contributed by atoms with van der Waals surface area (Å²) >= 11 is 0. The molecule has 6 nitrogen and oxygen atoms in total. The molecule has 0 saturated carbocycles. The van der Waals surface area contributed by atoms with Gasteiger partial charge in [-0.2, -0.15) is 0 Å². The Kier molecular flexibility index (Phi) is 8.28. The van der Waals surface area contributed by atoms with E-state index in [0.29, 0.717) is 12.5 Å². The predicted molar refractivity (Wildman–Crippen MR) is 102 cm³/mol. The topological polar surface area (TPSA) is 62.0 Å². The molecule has 0 amide bonds. The monoisotopic (exact) mass is 350 g/mol. The smallest absolute Gasteiger partial charge is 0.191 e. The van der Waals surface area contributed by atoms with Gasteiger partial charge in [0.15, 0.2) is 5.96 Å². The Balaban J connectivity index is 2.04. The number of furan rings is 1. The summed E-state index contributed by atoms with van der Waals surface area (Å²) in [5, 5.41) is 6.77. The molecule has 142 valence electrons. The molecule has 0 bridgehead atoms. The highest BCUT2D eigenvalue weighted by Crippen LogP contribution is 2.24. The summed E-state index contributed by atoms with van der Waals surface area (Å²) in [6.07, 6.45) is 1.13. The van der Waals surface area contributed by atoms with Gasteiger partial charge in [-0.3, -0.25) is 9.89 Å². The van der Waals surface area contributed by atoms with E-state index >= 15 is 0 Å². The Hall–Kier alpha value is -1.53. The number of hydrogen-bond acceptors (Lipinski definition) is 4. The van der Waals surface area contributed by atoms with Crippen LogP contribution in [-0.4, -0.2) is 56.8 Å². The third kappa shape index (κ3) is 6.71. The third-order valence-electron chi connectivity index (χ3n) is 4.36. The van der Waals surface area contributed by atoms with E-state index in [1.165, 1.54) is 0 Å². The van der Waals surface area contributed by atoms with E-state index in [4.69, 9.17) is 14.1 Å². The van der Waals surface area contributed by atoms with Gasteiger partial charge in [-0.1, -0.05) is 13.8 Å². The largest absolute Gasteiger partial charge is 0.465 e. The Morgan fingerprint density at radius 2 is 2.00 bits per heavy atom. The number of hydrogen-bond donors (Lipinski definition) is 2. The van der Waals surface area contributed by atoms with Gasteiger partial charge in [-0.25, -0.2) is 0 Å². The van der Waals surface area contributed by atoms with Crippen molar-refractivity contribution in [3.63, 3.8) is 0 Å². The van der Waals surface area contributed by atoms with E-state index in [2.05, 4.69) is 42.4 Å². The number of guanidine groups is 1. The lowest BCUT2D eigenvalue weighted by Crippen LogP contribution is -2.42. The third-order valence-corrected chi connectivity index (χ3v) is 4.36. The van der Waals surface area contributed by atoms with Crippen LogP contribution in [-0.2, 0) is 4.74 Å². The molecule has 1 fully saturated rings. The maximum Gasteiger partial charge on any atom is 0.191 e. The molecule has 25 heavy (non-hydrogen) atoms. The Morgan fingerprint density at radius 1 is 1.24 bits per heavy atom. The minimum absolute atomic E-state index is 0.151. The fraction of sp³-hybridized carbons (Fsp3) is 0.737. The van der Waals surface area contributed by atoms with E-state index < -0.39 is 0 Å². The first-order chi connectivity index (χ1) is 12.1. The first-order valence-electron chi connectivity index (χ1n) is 9.50. The second-order valence-corrected chi connectivity index (χ2v) is 6.94. The summed E-state index contributed by atoms with van der Waals surface area (Å²) in [4.78, 5) is 7.23. The first kappa shape index (κ1) is 19.8. The Morgan fingerprint density at radius 3 is 2.60 bits per heavy atom. The van der Waals surface area contributed by atoms with Crippen LogP contribution in [0.1, 0.15) is 44.8 Å². The van der Waals surface area contributed by atoms with Crippen LogP contribution < -0.4 is 10.6 Å². The van der Waals surface area contributed by atoms with Gasteiger partial charge in [-0.05, 0) is 38.3 Å². The van der Waals surface area contributed by atoms with Gasteiger partial charge >= 0.3 is 0 Å². The van der Waals surface area contributed by atoms with Crippen molar-refractivity contribution >= 4 is 5.96 Å². The van der Waals surface area contributed by atoms with Gasteiger partial charge in [0.1, 0.15) is 11.5 Å². The van der Waals surface area contributed by atoms with Crippen LogP contribution in [0, 0.1) is 12.8 Å². The number of aryl methyl sites for hydroxylation is 1. The average molecular weight is 351 g/mol. The summed E-state index contributed by atoms with van der Waals surface area (Å²) in [6, 6.07) is 4.25. The molecule has 2 N–H and O–H groups in total. The van der Waals surface area contributed by atoms with Gasteiger partial charge in [0, 0.05) is 26.2 Å². The Labute approximate surface area is 152 Å². The number of nitrogens with one attached hydrogen (secondary N) is 2. The second-order valence-electron chi connectivity index (χ2n) is 6.94. The van der Waals surface area contributed by atoms with Crippen molar-refractivity contribution in [3.05, 3.63) is 23.7 Å². The summed E-state index contributed by atoms with van der Waals surface area (Å²) in [5.74, 6) is 3.49. The minimum atomic E-state index is 0.151. The van der Waals surface area contributed by atoms with Crippen LogP contribution in [0.5, 0.6) is 0 Å². The molecule has 1 aliphatic heterocycles. The van der Waals surface area contributed by atoms with Crippen LogP contribution in [0.4, 0.5) is 0 Å². The molecule has 1 aliphatic rings. The van der Waals surface area contributed by atoms with Crippen LogP contribution in [0.3, 0.4) is 0 Å². The maximum absolute atomic E-state index is 5.91. The molecule has 1 atom stereocenters. The van der Waals surface area contributed by atoms with E-state index in [1.807, 2.05) is 13.0 Å². The van der Waals surface area contributed by atoms with E-state index in [-0.39, 0.29) is 6.04 Å². The number of rotatable bonds is 8. The van der Waals surface area contributed by atoms with Gasteiger partial charge in [0.25, 0.3) is 0 Å². The lowest BCUT2D eigenvalue weighted by atomic mass is 10.1. The molecule has 1 saturated heterocycles. The summed E-state index contributed by atoms with van der Waals surface area (Å²) in [6.45, 7) is 14.4. The van der Waals surface area contributed by atoms with Crippen LogP contribution in [0.25, 0.3) is 0 Å². The quantitative estimate of drug-likeness (QED) is 0.557. The van der Waals surface area contributed by atoms with Gasteiger partial charge < -0.3 is 19.8 Å². The molecule has 0 aromatic carbocycles. The maximum atomic E-state index is 5.91. The molecule has 0 spiro atoms. The van der Waals surface area contributed by atoms with Gasteiger partial charge in [0.2, 0.25) is 0 Å². The number of morpholine rings is 1. The number of ether oxygens (including phenoxy) is 1. The van der Waals surface area contributed by atoms with Crippen LogP contribution in [0.2, 0.25) is 0 Å². The van der Waals surface area contributed by atoms with E-state index in [1.54, 1.807) is 0 Å². The summed E-state index contributed by atoms with van der Waals surface area (Å²) in [5.41, 5.74) is 0. The molecular formula is C19H34N4O2. The van der Waals surface area contributed by atoms with Crippen molar-refractivity contribution in [1.29, 1.82) is 0 Å². The highest BCUT2D eigenvalue weighted by Gasteiger charge is 2.25. The van der Waals surface area contributed by atoms with Gasteiger partial charge in [-0.15, -0.1) is 0 Å². The fourth-order valence-electron chi connectivity index (χ4n) is 2.91. The second kappa shape index (κ2) is 10.5. The number of aliphatic imine (C=N–C) groups is 1. The SMILES string of the molecule is CCNC(=NCC(c1ccc(C)o1)N1CCOCC1)NCCC(C)C. The molecule has 1 unspecified atom stereocenters. The molecule has 2 heterocycles. The van der Waals surface area contributed by atoms with E-state index in [9.17, 15) is 0 Å². The highest BCUT2D eigenvalue weighted by atomic mass is 16.5. The zero-order valence-electron chi connectivity index (χ0n) is 16.2. The van der Waals surface area contributed by atoms with Crippen molar-refractivity contribution in [2.24, 2.45) is 10.9 Å². The van der Waals surface area contributed by atoms with Gasteiger partial charge in [0.05, 0.1) is 25.8 Å². The molecular weight excluding hydrogens is 316 g/mol. The average Bonchev–Trinajstić information content (AvgIpc) is 3.02. The minimum Gasteiger partial charge on any atom is -0.465 e. The molecule has 1 aromatic rings. The Bertz CT molecular complexity index is 521.